The number of aliphatic hydroxyl groups excluding tert-OH is 1. The molecule has 0 spiro atoms. The maximum absolute atomic E-state index is 14.0. The fourth-order valence-electron chi connectivity index (χ4n) is 4.21. The number of rotatable bonds is 2. The maximum atomic E-state index is 14.0. The zero-order chi connectivity index (χ0) is 15.0. The molecule has 1 aromatic carbocycles. The first-order chi connectivity index (χ1) is 10.1. The van der Waals surface area contributed by atoms with Gasteiger partial charge in [-0.1, -0.05) is 25.7 Å². The molecule has 0 amide bonds. The Balaban J connectivity index is 1.76. The molecule has 116 valence electrons. The summed E-state index contributed by atoms with van der Waals surface area (Å²) < 4.78 is 27.7. The van der Waals surface area contributed by atoms with Crippen LogP contribution in [0, 0.1) is 29.4 Å². The lowest BCUT2D eigenvalue weighted by Crippen LogP contribution is -2.30. The van der Waals surface area contributed by atoms with Crippen LogP contribution in [0.15, 0.2) is 16.6 Å². The predicted octanol–water partition coefficient (Wildman–Crippen LogP) is 5.37. The highest BCUT2D eigenvalue weighted by molar-refractivity contribution is 9.10. The number of hydrogen-bond acceptors (Lipinski definition) is 1. The highest BCUT2D eigenvalue weighted by Crippen LogP contribution is 2.46. The Hall–Kier alpha value is -0.480. The maximum Gasteiger partial charge on any atom is 0.137 e. The molecule has 0 saturated heterocycles. The summed E-state index contributed by atoms with van der Waals surface area (Å²) in [4.78, 5) is 0. The van der Waals surface area contributed by atoms with Gasteiger partial charge in [0.2, 0.25) is 0 Å². The van der Waals surface area contributed by atoms with E-state index >= 15 is 0 Å². The van der Waals surface area contributed by atoms with Gasteiger partial charge in [-0.15, -0.1) is 0 Å². The minimum atomic E-state index is -0.893. The average Bonchev–Trinajstić information content (AvgIpc) is 2.50. The first kappa shape index (κ1) is 15.4. The number of aliphatic hydroxyl groups is 1. The summed E-state index contributed by atoms with van der Waals surface area (Å²) in [5.41, 5.74) is 0.106. The molecular weight excluding hydrogens is 338 g/mol. The number of halogens is 3. The highest BCUT2D eigenvalue weighted by Gasteiger charge is 2.36. The molecule has 3 rings (SSSR count). The van der Waals surface area contributed by atoms with Crippen LogP contribution in [-0.4, -0.2) is 5.11 Å². The van der Waals surface area contributed by atoms with Crippen LogP contribution >= 0.6 is 15.9 Å². The average molecular weight is 359 g/mol. The largest absolute Gasteiger partial charge is 0.388 e. The number of hydrogen-bond donors (Lipinski definition) is 1. The molecule has 2 aliphatic rings. The van der Waals surface area contributed by atoms with Gasteiger partial charge in [-0.2, -0.15) is 0 Å². The third kappa shape index (κ3) is 3.16. The quantitative estimate of drug-likeness (QED) is 0.704. The van der Waals surface area contributed by atoms with E-state index in [2.05, 4.69) is 15.9 Å². The summed E-state index contributed by atoms with van der Waals surface area (Å²) in [7, 11) is 0. The summed E-state index contributed by atoms with van der Waals surface area (Å²) in [6.45, 7) is 0. The van der Waals surface area contributed by atoms with Gasteiger partial charge in [0.15, 0.2) is 0 Å². The lowest BCUT2D eigenvalue weighted by Gasteiger charge is -2.40. The number of benzene rings is 1. The lowest BCUT2D eigenvalue weighted by molar-refractivity contribution is 0.0328. The second kappa shape index (κ2) is 6.33. The summed E-state index contributed by atoms with van der Waals surface area (Å²) in [5.74, 6) is 0.460. The minimum Gasteiger partial charge on any atom is -0.388 e. The van der Waals surface area contributed by atoms with Gasteiger partial charge in [-0.25, -0.2) is 8.78 Å². The standard InChI is InChI=1S/C17H21BrF2O/c18-14-9-15(19)13(8-16(14)20)17(21)12-6-5-10-3-1-2-4-11(10)7-12/h8-12,17,21H,1-7H2. The van der Waals surface area contributed by atoms with Crippen LogP contribution in [0.5, 0.6) is 0 Å². The van der Waals surface area contributed by atoms with E-state index in [1.54, 1.807) is 0 Å². The van der Waals surface area contributed by atoms with Gasteiger partial charge >= 0.3 is 0 Å². The van der Waals surface area contributed by atoms with Crippen molar-refractivity contribution >= 4 is 15.9 Å². The zero-order valence-electron chi connectivity index (χ0n) is 12.0. The molecule has 0 aromatic heterocycles. The summed E-state index contributed by atoms with van der Waals surface area (Å²) in [6, 6.07) is 2.25. The van der Waals surface area contributed by atoms with Crippen molar-refractivity contribution in [1.82, 2.24) is 0 Å². The van der Waals surface area contributed by atoms with E-state index in [0.29, 0.717) is 5.92 Å². The van der Waals surface area contributed by atoms with E-state index in [-0.39, 0.29) is 16.0 Å². The molecule has 1 N–H and O–H groups in total. The van der Waals surface area contributed by atoms with Crippen LogP contribution in [0.1, 0.15) is 56.6 Å². The Kier molecular flexibility index (Phi) is 4.65. The van der Waals surface area contributed by atoms with Gasteiger partial charge in [0.05, 0.1) is 10.6 Å². The van der Waals surface area contributed by atoms with Gasteiger partial charge < -0.3 is 5.11 Å². The van der Waals surface area contributed by atoms with Crippen LogP contribution < -0.4 is 0 Å². The van der Waals surface area contributed by atoms with Crippen LogP contribution in [0.3, 0.4) is 0 Å². The van der Waals surface area contributed by atoms with E-state index in [1.807, 2.05) is 0 Å². The first-order valence-electron chi connectivity index (χ1n) is 7.88. The molecule has 0 aliphatic heterocycles. The summed E-state index contributed by atoms with van der Waals surface area (Å²) in [5, 5.41) is 10.5. The smallest absolute Gasteiger partial charge is 0.137 e. The molecule has 1 nitrogen and oxygen atoms in total. The van der Waals surface area contributed by atoms with E-state index in [9.17, 15) is 13.9 Å². The first-order valence-corrected chi connectivity index (χ1v) is 8.68. The highest BCUT2D eigenvalue weighted by atomic mass is 79.9. The normalized spacial score (nSPS) is 30.8. The van der Waals surface area contributed by atoms with Crippen molar-refractivity contribution in [3.63, 3.8) is 0 Å². The van der Waals surface area contributed by atoms with Crippen molar-refractivity contribution in [2.24, 2.45) is 17.8 Å². The molecule has 4 unspecified atom stereocenters. The van der Waals surface area contributed by atoms with Crippen molar-refractivity contribution in [2.75, 3.05) is 0 Å². The van der Waals surface area contributed by atoms with Gasteiger partial charge in [0.25, 0.3) is 0 Å². The van der Waals surface area contributed by atoms with Crippen molar-refractivity contribution in [3.8, 4) is 0 Å². The monoisotopic (exact) mass is 358 g/mol. The number of fused-ring (bicyclic) bond motifs is 1. The van der Waals surface area contributed by atoms with Crippen molar-refractivity contribution in [3.05, 3.63) is 33.8 Å². The Morgan fingerprint density at radius 1 is 1.00 bits per heavy atom. The molecule has 0 bridgehead atoms. The SMILES string of the molecule is OC(c1cc(F)c(Br)cc1F)C1CCC2CCCCC2C1. The van der Waals surface area contributed by atoms with E-state index < -0.39 is 17.7 Å². The summed E-state index contributed by atoms with van der Waals surface area (Å²) in [6.07, 6.45) is 7.21. The van der Waals surface area contributed by atoms with Crippen molar-refractivity contribution in [1.29, 1.82) is 0 Å². The molecule has 1 aromatic rings. The molecular formula is C17H21BrF2O. The van der Waals surface area contributed by atoms with Gasteiger partial charge in [0, 0.05) is 5.56 Å². The molecule has 4 atom stereocenters. The van der Waals surface area contributed by atoms with E-state index in [1.165, 1.54) is 25.7 Å². The molecule has 21 heavy (non-hydrogen) atoms. The zero-order valence-corrected chi connectivity index (χ0v) is 13.6. The Morgan fingerprint density at radius 3 is 2.48 bits per heavy atom. The molecule has 2 fully saturated rings. The van der Waals surface area contributed by atoms with Gasteiger partial charge in [-0.3, -0.25) is 0 Å². The third-order valence-electron chi connectivity index (χ3n) is 5.39. The Morgan fingerprint density at radius 2 is 1.71 bits per heavy atom. The molecule has 2 aliphatic carbocycles. The van der Waals surface area contributed by atoms with Crippen LogP contribution in [0.25, 0.3) is 0 Å². The third-order valence-corrected chi connectivity index (χ3v) is 5.99. The topological polar surface area (TPSA) is 20.2 Å². The lowest BCUT2D eigenvalue weighted by atomic mass is 9.66. The predicted molar refractivity (Wildman–Crippen MR) is 81.8 cm³/mol. The van der Waals surface area contributed by atoms with Gasteiger partial charge in [0.1, 0.15) is 11.6 Å². The van der Waals surface area contributed by atoms with Crippen LogP contribution in [-0.2, 0) is 0 Å². The van der Waals surface area contributed by atoms with Gasteiger partial charge in [-0.05, 0) is 65.1 Å². The molecule has 0 heterocycles. The van der Waals surface area contributed by atoms with Crippen LogP contribution in [0.4, 0.5) is 8.78 Å². The van der Waals surface area contributed by atoms with Crippen molar-refractivity contribution < 1.29 is 13.9 Å². The Bertz CT molecular complexity index is 520. The summed E-state index contributed by atoms with van der Waals surface area (Å²) >= 11 is 2.97. The minimum absolute atomic E-state index is 0.0550. The molecule has 2 saturated carbocycles. The van der Waals surface area contributed by atoms with Crippen LogP contribution in [0.2, 0.25) is 0 Å². The fourth-order valence-corrected chi connectivity index (χ4v) is 4.53. The van der Waals surface area contributed by atoms with Crippen molar-refractivity contribution in [2.45, 2.75) is 51.0 Å². The second-order valence-corrected chi connectivity index (χ2v) is 7.46. The Labute approximate surface area is 132 Å². The molecule has 4 heteroatoms. The van der Waals surface area contributed by atoms with E-state index in [4.69, 9.17) is 0 Å². The molecule has 0 radical (unpaired) electrons. The van der Waals surface area contributed by atoms with E-state index in [0.717, 1.165) is 37.3 Å². The fraction of sp³-hybridized carbons (Fsp3) is 0.647. The second-order valence-electron chi connectivity index (χ2n) is 6.61.